The molecule has 1 atom stereocenters. The van der Waals surface area contributed by atoms with Crippen LogP contribution >= 0.6 is 12.2 Å². The predicted octanol–water partition coefficient (Wildman–Crippen LogP) is 5.24. The van der Waals surface area contributed by atoms with Crippen molar-refractivity contribution in [3.8, 4) is 5.75 Å². The number of nitrogens with zero attached hydrogens (tertiary/aromatic N) is 1. The lowest BCUT2D eigenvalue weighted by atomic mass is 10.0. The van der Waals surface area contributed by atoms with E-state index in [9.17, 15) is 0 Å². The molecular weight excluding hydrogens is 268 g/mol. The molecule has 0 amide bonds. The molecule has 1 heterocycles. The molecule has 110 valence electrons. The van der Waals surface area contributed by atoms with Gasteiger partial charge in [0.25, 0.3) is 0 Å². The Bertz CT molecular complexity index is 614. The van der Waals surface area contributed by atoms with E-state index in [1.54, 1.807) is 7.11 Å². The molecule has 0 radical (unpaired) electrons. The molecule has 0 aliphatic rings. The van der Waals surface area contributed by atoms with Gasteiger partial charge in [0.15, 0.2) is 4.77 Å². The first-order valence-electron chi connectivity index (χ1n) is 7.49. The smallest absolute Gasteiger partial charge is 0.178 e. The number of imidazole rings is 1. The number of methoxy groups -OCH3 is 1. The molecular formula is C16H24N2OS. The van der Waals surface area contributed by atoms with Crippen molar-refractivity contribution in [2.75, 3.05) is 7.11 Å². The van der Waals surface area contributed by atoms with Crippen molar-refractivity contribution in [2.24, 2.45) is 0 Å². The lowest BCUT2D eigenvalue weighted by Crippen LogP contribution is -2.09. The Morgan fingerprint density at radius 3 is 2.70 bits per heavy atom. The highest BCUT2D eigenvalue weighted by Crippen LogP contribution is 2.28. The lowest BCUT2D eigenvalue weighted by molar-refractivity contribution is 0.414. The van der Waals surface area contributed by atoms with Gasteiger partial charge in [-0.1, -0.05) is 33.1 Å². The number of rotatable bonds is 7. The molecule has 1 aromatic carbocycles. The molecule has 1 N–H and O–H groups in total. The van der Waals surface area contributed by atoms with Gasteiger partial charge in [0, 0.05) is 12.1 Å². The first-order chi connectivity index (χ1) is 9.71. The standard InChI is InChI=1S/C16H24N2OS/c1-4-6-8-12(7-5-2)18-15-10-9-13(19-3)11-14(15)17-16(18)20/h9-12H,4-8H2,1-3H3,(H,17,20). The summed E-state index contributed by atoms with van der Waals surface area (Å²) in [5, 5.41) is 0. The number of H-pyrrole nitrogens is 1. The van der Waals surface area contributed by atoms with Gasteiger partial charge in [-0.2, -0.15) is 0 Å². The molecule has 2 rings (SSSR count). The number of benzene rings is 1. The van der Waals surface area contributed by atoms with Gasteiger partial charge in [0.1, 0.15) is 5.75 Å². The second kappa shape index (κ2) is 6.93. The Morgan fingerprint density at radius 2 is 2.05 bits per heavy atom. The minimum Gasteiger partial charge on any atom is -0.497 e. The van der Waals surface area contributed by atoms with Gasteiger partial charge >= 0.3 is 0 Å². The summed E-state index contributed by atoms with van der Waals surface area (Å²) in [6.07, 6.45) is 6.02. The SMILES string of the molecule is CCCCC(CCC)n1c(=S)[nH]c2cc(OC)ccc21. The zero-order valence-electron chi connectivity index (χ0n) is 12.6. The maximum Gasteiger partial charge on any atom is 0.178 e. The molecule has 2 aromatic rings. The van der Waals surface area contributed by atoms with Crippen molar-refractivity contribution < 1.29 is 4.74 Å². The van der Waals surface area contributed by atoms with Crippen LogP contribution in [0.25, 0.3) is 11.0 Å². The maximum atomic E-state index is 5.54. The average molecular weight is 292 g/mol. The van der Waals surface area contributed by atoms with Crippen LogP contribution in [0.2, 0.25) is 0 Å². The fourth-order valence-corrected chi connectivity index (χ4v) is 3.13. The van der Waals surface area contributed by atoms with E-state index in [0.717, 1.165) is 16.0 Å². The number of hydrogen-bond donors (Lipinski definition) is 1. The molecule has 3 nitrogen and oxygen atoms in total. The Kier molecular flexibility index (Phi) is 5.24. The molecule has 20 heavy (non-hydrogen) atoms. The fourth-order valence-electron chi connectivity index (χ4n) is 2.78. The summed E-state index contributed by atoms with van der Waals surface area (Å²) >= 11 is 5.54. The molecule has 0 bridgehead atoms. The minimum absolute atomic E-state index is 0.495. The second-order valence-corrected chi connectivity index (χ2v) is 5.65. The van der Waals surface area contributed by atoms with Gasteiger partial charge in [-0.3, -0.25) is 0 Å². The zero-order valence-corrected chi connectivity index (χ0v) is 13.4. The molecule has 0 spiro atoms. The lowest BCUT2D eigenvalue weighted by Gasteiger charge is -2.19. The normalized spacial score (nSPS) is 12.8. The number of fused-ring (bicyclic) bond motifs is 1. The molecule has 4 heteroatoms. The van der Waals surface area contributed by atoms with Gasteiger partial charge < -0.3 is 14.3 Å². The van der Waals surface area contributed by atoms with Crippen molar-refractivity contribution in [3.05, 3.63) is 23.0 Å². The summed E-state index contributed by atoms with van der Waals surface area (Å²) in [4.78, 5) is 3.31. The average Bonchev–Trinajstić information content (AvgIpc) is 2.78. The maximum absolute atomic E-state index is 5.54. The Balaban J connectivity index is 2.45. The molecule has 0 saturated heterocycles. The third kappa shape index (κ3) is 3.06. The molecule has 0 aliphatic heterocycles. The third-order valence-electron chi connectivity index (χ3n) is 3.80. The van der Waals surface area contributed by atoms with Crippen LogP contribution in [-0.4, -0.2) is 16.7 Å². The van der Waals surface area contributed by atoms with Gasteiger partial charge in [0.05, 0.1) is 18.1 Å². The Morgan fingerprint density at radius 1 is 1.25 bits per heavy atom. The van der Waals surface area contributed by atoms with Gasteiger partial charge in [-0.15, -0.1) is 0 Å². The molecule has 0 aliphatic carbocycles. The van der Waals surface area contributed by atoms with E-state index in [2.05, 4.69) is 29.5 Å². The molecule has 1 aromatic heterocycles. The van der Waals surface area contributed by atoms with Crippen LogP contribution in [0.1, 0.15) is 52.0 Å². The fraction of sp³-hybridized carbons (Fsp3) is 0.562. The van der Waals surface area contributed by atoms with E-state index >= 15 is 0 Å². The van der Waals surface area contributed by atoms with Crippen molar-refractivity contribution in [3.63, 3.8) is 0 Å². The Labute approximate surface area is 126 Å². The van der Waals surface area contributed by atoms with Crippen LogP contribution in [0.4, 0.5) is 0 Å². The summed E-state index contributed by atoms with van der Waals surface area (Å²) in [5.74, 6) is 0.862. The summed E-state index contributed by atoms with van der Waals surface area (Å²) in [6.45, 7) is 4.47. The highest BCUT2D eigenvalue weighted by atomic mass is 32.1. The summed E-state index contributed by atoms with van der Waals surface area (Å²) in [7, 11) is 1.69. The van der Waals surface area contributed by atoms with Gasteiger partial charge in [0.2, 0.25) is 0 Å². The van der Waals surface area contributed by atoms with Crippen LogP contribution in [0.3, 0.4) is 0 Å². The van der Waals surface area contributed by atoms with E-state index in [0.29, 0.717) is 6.04 Å². The van der Waals surface area contributed by atoms with Crippen LogP contribution < -0.4 is 4.74 Å². The quantitative estimate of drug-likeness (QED) is 0.707. The number of aromatic amines is 1. The van der Waals surface area contributed by atoms with Crippen molar-refractivity contribution >= 4 is 23.3 Å². The first-order valence-corrected chi connectivity index (χ1v) is 7.90. The van der Waals surface area contributed by atoms with E-state index in [1.807, 2.05) is 12.1 Å². The number of aromatic nitrogens is 2. The number of hydrogen-bond acceptors (Lipinski definition) is 2. The number of nitrogens with one attached hydrogen (secondary N) is 1. The van der Waals surface area contributed by atoms with Crippen LogP contribution in [0, 0.1) is 4.77 Å². The topological polar surface area (TPSA) is 29.9 Å². The van der Waals surface area contributed by atoms with E-state index < -0.39 is 0 Å². The summed E-state index contributed by atoms with van der Waals surface area (Å²) in [6, 6.07) is 6.62. The largest absolute Gasteiger partial charge is 0.497 e. The second-order valence-electron chi connectivity index (χ2n) is 5.27. The third-order valence-corrected chi connectivity index (χ3v) is 4.10. The zero-order chi connectivity index (χ0) is 14.5. The van der Waals surface area contributed by atoms with Crippen molar-refractivity contribution in [2.45, 2.75) is 52.0 Å². The molecule has 0 fully saturated rings. The highest BCUT2D eigenvalue weighted by molar-refractivity contribution is 7.71. The van der Waals surface area contributed by atoms with Crippen LogP contribution in [-0.2, 0) is 0 Å². The van der Waals surface area contributed by atoms with Gasteiger partial charge in [-0.25, -0.2) is 0 Å². The summed E-state index contributed by atoms with van der Waals surface area (Å²) < 4.78 is 8.40. The van der Waals surface area contributed by atoms with Crippen LogP contribution in [0.15, 0.2) is 18.2 Å². The van der Waals surface area contributed by atoms with E-state index in [-0.39, 0.29) is 0 Å². The summed E-state index contributed by atoms with van der Waals surface area (Å²) in [5.41, 5.74) is 2.25. The molecule has 0 saturated carbocycles. The molecule has 1 unspecified atom stereocenters. The number of unbranched alkanes of at least 4 members (excludes halogenated alkanes) is 1. The van der Waals surface area contributed by atoms with Crippen molar-refractivity contribution in [1.29, 1.82) is 0 Å². The number of ether oxygens (including phenoxy) is 1. The predicted molar refractivity (Wildman–Crippen MR) is 87.1 cm³/mol. The Hall–Kier alpha value is -1.29. The first kappa shape index (κ1) is 15.1. The van der Waals surface area contributed by atoms with E-state index in [1.165, 1.54) is 37.6 Å². The van der Waals surface area contributed by atoms with Crippen molar-refractivity contribution in [1.82, 2.24) is 9.55 Å². The highest BCUT2D eigenvalue weighted by Gasteiger charge is 2.14. The monoisotopic (exact) mass is 292 g/mol. The van der Waals surface area contributed by atoms with Gasteiger partial charge in [-0.05, 0) is 37.2 Å². The van der Waals surface area contributed by atoms with E-state index in [4.69, 9.17) is 17.0 Å². The van der Waals surface area contributed by atoms with Crippen LogP contribution in [0.5, 0.6) is 5.75 Å². The minimum atomic E-state index is 0.495.